The molecule has 2 rings (SSSR count). The van der Waals surface area contributed by atoms with E-state index in [2.05, 4.69) is 10.1 Å². The van der Waals surface area contributed by atoms with Gasteiger partial charge in [-0.2, -0.15) is 9.31 Å². The number of aromatic nitrogens is 3. The molecule has 0 spiro atoms. The molecule has 1 N–H and O–H groups in total. The van der Waals surface area contributed by atoms with Crippen molar-refractivity contribution in [2.24, 2.45) is 0 Å². The summed E-state index contributed by atoms with van der Waals surface area (Å²) < 4.78 is 59.3. The van der Waals surface area contributed by atoms with Gasteiger partial charge in [0.05, 0.1) is 17.4 Å². The zero-order valence-electron chi connectivity index (χ0n) is 14.1. The molecule has 0 fully saturated rings. The van der Waals surface area contributed by atoms with Gasteiger partial charge >= 0.3 is 0 Å². The molecule has 0 aliphatic heterocycles. The smallest absolute Gasteiger partial charge is 0.270 e. The van der Waals surface area contributed by atoms with E-state index in [0.29, 0.717) is 5.69 Å². The van der Waals surface area contributed by atoms with Crippen LogP contribution in [0.4, 0.5) is 12.2 Å². The van der Waals surface area contributed by atoms with Crippen LogP contribution in [-0.4, -0.2) is 24.9 Å². The second-order valence-corrected chi connectivity index (χ2v) is 8.34. The quantitative estimate of drug-likeness (QED) is 0.703. The highest BCUT2D eigenvalue weighted by Gasteiger charge is 2.62. The number of hydrogen-bond donors (Lipinski definition) is 1. The van der Waals surface area contributed by atoms with Crippen molar-refractivity contribution in [2.45, 2.75) is 38.1 Å². The van der Waals surface area contributed by atoms with E-state index in [1.165, 1.54) is 12.4 Å². The van der Waals surface area contributed by atoms with E-state index in [-0.39, 0.29) is 12.8 Å². The summed E-state index contributed by atoms with van der Waals surface area (Å²) in [5.74, 6) is -1.21. The summed E-state index contributed by atoms with van der Waals surface area (Å²) in [5, 5.41) is -0.507. The molecule has 0 aromatic carbocycles. The second-order valence-electron chi connectivity index (χ2n) is 5.61. The molecular formula is C15H18ClF3N4O2S. The van der Waals surface area contributed by atoms with E-state index in [4.69, 9.17) is 11.6 Å². The molecule has 1 atom stereocenters. The Kier molecular flexibility index (Phi) is 5.48. The number of hydrogen-bond acceptors (Lipinski definition) is 4. The van der Waals surface area contributed by atoms with E-state index >= 15 is 4.39 Å². The zero-order chi connectivity index (χ0) is 19.6. The van der Waals surface area contributed by atoms with Gasteiger partial charge in [0.15, 0.2) is 5.15 Å². The molecule has 144 valence electrons. The highest BCUT2D eigenvalue weighted by molar-refractivity contribution is 8.10. The number of alkyl halides is 1. The molecule has 2 aromatic rings. The first-order chi connectivity index (χ1) is 12.0. The Bertz CT molecular complexity index is 871. The maximum Gasteiger partial charge on any atom is 0.270 e. The fourth-order valence-corrected chi connectivity index (χ4v) is 4.36. The lowest BCUT2D eigenvalue weighted by Crippen LogP contribution is -2.55. The van der Waals surface area contributed by atoms with Crippen LogP contribution in [0.2, 0.25) is 5.15 Å². The van der Waals surface area contributed by atoms with E-state index in [9.17, 15) is 16.8 Å². The average Bonchev–Trinajstić information content (AvgIpc) is 2.96. The third-order valence-electron chi connectivity index (χ3n) is 3.74. The van der Waals surface area contributed by atoms with Crippen LogP contribution in [-0.2, 0) is 19.8 Å². The molecule has 0 bridgehead atoms. The lowest BCUT2D eigenvalue weighted by Gasteiger charge is -2.38. The van der Waals surface area contributed by atoms with Gasteiger partial charge in [0.1, 0.15) is 0 Å². The predicted octanol–water partition coefficient (Wildman–Crippen LogP) is 3.87. The molecule has 2 aromatic heterocycles. The third-order valence-corrected chi connectivity index (χ3v) is 6.17. The monoisotopic (exact) mass is 410 g/mol. The van der Waals surface area contributed by atoms with Crippen LogP contribution in [0.3, 0.4) is 0 Å². The molecule has 0 aliphatic rings. The molecule has 26 heavy (non-hydrogen) atoms. The predicted molar refractivity (Wildman–Crippen MR) is 92.9 cm³/mol. The summed E-state index contributed by atoms with van der Waals surface area (Å²) >= 11 is 5.86. The summed E-state index contributed by atoms with van der Waals surface area (Å²) in [5.41, 5.74) is -0.431. The number of nitrogens with one attached hydrogen (secondary N) is 1. The largest absolute Gasteiger partial charge is 0.274 e. The highest BCUT2D eigenvalue weighted by atomic mass is 35.5. The van der Waals surface area contributed by atoms with E-state index in [1.54, 1.807) is 19.1 Å². The topological polar surface area (TPSA) is 76.9 Å². The van der Waals surface area contributed by atoms with Crippen molar-refractivity contribution < 1.29 is 21.2 Å². The minimum absolute atomic E-state index is 0.236. The van der Waals surface area contributed by atoms with Gasteiger partial charge < -0.3 is 0 Å². The molecule has 6 nitrogen and oxygen atoms in total. The van der Waals surface area contributed by atoms with E-state index in [0.717, 1.165) is 22.5 Å². The Morgan fingerprint density at radius 2 is 2.12 bits per heavy atom. The average molecular weight is 411 g/mol. The maximum atomic E-state index is 15.4. The number of pyridine rings is 1. The second kappa shape index (κ2) is 6.99. The van der Waals surface area contributed by atoms with Crippen molar-refractivity contribution in [1.82, 2.24) is 19.5 Å². The molecular weight excluding hydrogens is 393 g/mol. The van der Waals surface area contributed by atoms with Gasteiger partial charge in [-0.05, 0) is 18.6 Å². The molecule has 2 heterocycles. The summed E-state index contributed by atoms with van der Waals surface area (Å²) in [7, 11) is -7.28. The standard InChI is InChI=1S/C15H18ClF3N4O2S/c1-3-6-13(24)22-26(18,19,25)15(17,4-2)12-10-23(21-14(12)16)11-7-5-8-20-9-11/h5,7-10H,3-4,6H2,1-2H3,(H,22,24,25). The fourth-order valence-electron chi connectivity index (χ4n) is 2.39. The first-order valence-corrected chi connectivity index (χ1v) is 9.94. The fraction of sp³-hybridized carbons (Fsp3) is 0.400. The Labute approximate surface area is 153 Å². The Balaban J connectivity index is 2.54. The molecule has 11 heteroatoms. The van der Waals surface area contributed by atoms with Crippen molar-refractivity contribution in [3.8, 4) is 5.69 Å². The number of amides is 1. The normalized spacial score (nSPS) is 15.7. The minimum Gasteiger partial charge on any atom is -0.274 e. The highest BCUT2D eigenvalue weighted by Crippen LogP contribution is 2.53. The number of carbonyl (C=O) groups is 1. The van der Waals surface area contributed by atoms with Crippen LogP contribution in [0.5, 0.6) is 0 Å². The Morgan fingerprint density at radius 3 is 2.65 bits per heavy atom. The van der Waals surface area contributed by atoms with Crippen molar-refractivity contribution >= 4 is 27.5 Å². The molecule has 1 amide bonds. The molecule has 0 radical (unpaired) electrons. The van der Waals surface area contributed by atoms with Crippen LogP contribution in [0.1, 0.15) is 38.7 Å². The summed E-state index contributed by atoms with van der Waals surface area (Å²) in [6.07, 6.45) is 2.79. The first kappa shape index (κ1) is 20.4. The molecule has 0 saturated heterocycles. The zero-order valence-corrected chi connectivity index (χ0v) is 15.7. The van der Waals surface area contributed by atoms with Crippen molar-refractivity contribution in [3.05, 3.63) is 41.4 Å². The Hall–Kier alpha value is -1.94. The van der Waals surface area contributed by atoms with Crippen molar-refractivity contribution in [1.29, 1.82) is 0 Å². The number of nitrogens with zero attached hydrogens (tertiary/aromatic N) is 3. The molecule has 1 unspecified atom stereocenters. The van der Waals surface area contributed by atoms with Gasteiger partial charge in [0.2, 0.25) is 5.91 Å². The van der Waals surface area contributed by atoms with Gasteiger partial charge in [-0.25, -0.2) is 13.8 Å². The summed E-state index contributed by atoms with van der Waals surface area (Å²) in [6, 6.07) is 3.11. The SMILES string of the molecule is CCCC(=O)NS(=O)(F)(F)C(F)(CC)c1cn(-c2cccnc2)nc1Cl. The van der Waals surface area contributed by atoms with Gasteiger partial charge in [-0.3, -0.25) is 9.78 Å². The first-order valence-electron chi connectivity index (χ1n) is 7.79. The lowest BCUT2D eigenvalue weighted by atomic mass is 10.2. The minimum atomic E-state index is -7.28. The van der Waals surface area contributed by atoms with Crippen LogP contribution < -0.4 is 4.72 Å². The van der Waals surface area contributed by atoms with Crippen LogP contribution in [0, 0.1) is 0 Å². The molecule has 0 saturated carbocycles. The van der Waals surface area contributed by atoms with Crippen LogP contribution in [0.25, 0.3) is 5.69 Å². The summed E-state index contributed by atoms with van der Waals surface area (Å²) in [6.45, 7) is 2.65. The Morgan fingerprint density at radius 1 is 1.42 bits per heavy atom. The summed E-state index contributed by atoms with van der Waals surface area (Å²) in [4.78, 5) is 15.4. The number of halogens is 4. The van der Waals surface area contributed by atoms with Gasteiger partial charge in [-0.1, -0.05) is 25.4 Å². The lowest BCUT2D eigenvalue weighted by molar-refractivity contribution is -0.119. The van der Waals surface area contributed by atoms with Crippen LogP contribution in [0.15, 0.2) is 30.7 Å². The van der Waals surface area contributed by atoms with Crippen molar-refractivity contribution in [2.75, 3.05) is 0 Å². The van der Waals surface area contributed by atoms with Crippen molar-refractivity contribution in [3.63, 3.8) is 0 Å². The van der Waals surface area contributed by atoms with Crippen LogP contribution >= 0.6 is 11.6 Å². The van der Waals surface area contributed by atoms with Gasteiger partial charge in [-0.15, -0.1) is 7.77 Å². The van der Waals surface area contributed by atoms with Gasteiger partial charge in [0.25, 0.3) is 15.0 Å². The maximum absolute atomic E-state index is 15.4. The van der Waals surface area contributed by atoms with Gasteiger partial charge in [0, 0.05) is 25.2 Å². The van der Waals surface area contributed by atoms with E-state index in [1.807, 2.05) is 0 Å². The van der Waals surface area contributed by atoms with E-state index < -0.39 is 38.1 Å². The number of carbonyl (C=O) groups excluding carboxylic acids is 1. The third kappa shape index (κ3) is 3.61. The number of rotatable bonds is 7. The molecule has 0 aliphatic carbocycles.